The lowest BCUT2D eigenvalue weighted by atomic mass is 9.92. The van der Waals surface area contributed by atoms with E-state index in [2.05, 4.69) is 25.8 Å². The smallest absolute Gasteiger partial charge is 0.0328 e. The van der Waals surface area contributed by atoms with Crippen LogP contribution in [0.2, 0.25) is 0 Å². The molecule has 0 saturated heterocycles. The van der Waals surface area contributed by atoms with Gasteiger partial charge in [-0.2, -0.15) is 0 Å². The lowest BCUT2D eigenvalue weighted by Crippen LogP contribution is -2.51. The van der Waals surface area contributed by atoms with Crippen LogP contribution in [0.15, 0.2) is 0 Å². The van der Waals surface area contributed by atoms with Crippen molar-refractivity contribution in [1.29, 1.82) is 0 Å². The average molecular weight is 240 g/mol. The lowest BCUT2D eigenvalue weighted by Gasteiger charge is -2.40. The van der Waals surface area contributed by atoms with Crippen molar-refractivity contribution in [1.82, 2.24) is 4.90 Å². The Morgan fingerprint density at radius 2 is 1.88 bits per heavy atom. The molecule has 0 spiro atoms. The largest absolute Gasteiger partial charge is 0.329 e. The Bertz CT molecular complexity index is 197. The molecule has 0 aromatic carbocycles. The van der Waals surface area contributed by atoms with E-state index in [1.807, 2.05) is 0 Å². The first-order valence-corrected chi connectivity index (χ1v) is 7.59. The van der Waals surface area contributed by atoms with Crippen LogP contribution in [-0.2, 0) is 0 Å². The highest BCUT2D eigenvalue weighted by Crippen LogP contribution is 2.34. The second-order valence-electron chi connectivity index (χ2n) is 5.93. The van der Waals surface area contributed by atoms with E-state index < -0.39 is 0 Å². The van der Waals surface area contributed by atoms with Crippen molar-refractivity contribution in [3.63, 3.8) is 0 Å². The molecule has 102 valence electrons. The molecule has 0 aromatic rings. The minimum atomic E-state index is 0.333. The molecule has 2 heteroatoms. The summed E-state index contributed by atoms with van der Waals surface area (Å²) in [6.45, 7) is 6.70. The lowest BCUT2D eigenvalue weighted by molar-refractivity contribution is 0.107. The molecule has 1 atom stereocenters. The van der Waals surface area contributed by atoms with Gasteiger partial charge in [0.25, 0.3) is 0 Å². The number of hydrogen-bond donors (Lipinski definition) is 1. The van der Waals surface area contributed by atoms with Gasteiger partial charge in [0.15, 0.2) is 0 Å². The maximum Gasteiger partial charge on any atom is 0.0328 e. The highest BCUT2D eigenvalue weighted by Gasteiger charge is 2.36. The zero-order chi connectivity index (χ0) is 12.7. The second kappa shape index (κ2) is 7.38. The van der Waals surface area contributed by atoms with Crippen LogP contribution in [0.5, 0.6) is 0 Å². The van der Waals surface area contributed by atoms with Crippen LogP contribution < -0.4 is 5.73 Å². The molecule has 1 aliphatic rings. The van der Waals surface area contributed by atoms with Crippen LogP contribution in [0.25, 0.3) is 0 Å². The maximum atomic E-state index is 6.05. The monoisotopic (exact) mass is 240 g/mol. The fourth-order valence-corrected chi connectivity index (χ4v) is 3.27. The third-order valence-electron chi connectivity index (χ3n) is 4.80. The van der Waals surface area contributed by atoms with E-state index >= 15 is 0 Å². The number of rotatable bonds is 8. The standard InChI is InChI=1S/C15H32N2/c1-4-6-9-14(5-2)12-17(3)15(13-16)10-7-8-11-15/h14H,4-13,16H2,1-3H3. The maximum absolute atomic E-state index is 6.05. The van der Waals surface area contributed by atoms with Gasteiger partial charge < -0.3 is 5.73 Å². The SMILES string of the molecule is CCCCC(CC)CN(C)C1(CN)CCCC1. The molecule has 0 aliphatic heterocycles. The highest BCUT2D eigenvalue weighted by molar-refractivity contribution is 4.95. The van der Waals surface area contributed by atoms with Crippen LogP contribution >= 0.6 is 0 Å². The number of nitrogens with zero attached hydrogens (tertiary/aromatic N) is 1. The minimum Gasteiger partial charge on any atom is -0.329 e. The fourth-order valence-electron chi connectivity index (χ4n) is 3.27. The minimum absolute atomic E-state index is 0.333. The molecule has 0 aromatic heterocycles. The molecular formula is C15H32N2. The predicted octanol–water partition coefficient (Wildman–Crippen LogP) is 3.41. The molecule has 1 saturated carbocycles. The molecule has 0 heterocycles. The normalized spacial score (nSPS) is 21.0. The Balaban J connectivity index is 2.47. The Kier molecular flexibility index (Phi) is 6.50. The molecule has 2 nitrogen and oxygen atoms in total. The molecule has 0 amide bonds. The van der Waals surface area contributed by atoms with E-state index in [0.717, 1.165) is 12.5 Å². The zero-order valence-electron chi connectivity index (χ0n) is 12.2. The van der Waals surface area contributed by atoms with Crippen LogP contribution in [0.1, 0.15) is 65.2 Å². The first-order chi connectivity index (χ1) is 8.18. The molecule has 17 heavy (non-hydrogen) atoms. The van der Waals surface area contributed by atoms with Gasteiger partial charge in [-0.1, -0.05) is 46.0 Å². The van der Waals surface area contributed by atoms with Crippen LogP contribution in [0.4, 0.5) is 0 Å². The van der Waals surface area contributed by atoms with E-state index in [1.54, 1.807) is 0 Å². The van der Waals surface area contributed by atoms with Crippen LogP contribution in [0, 0.1) is 5.92 Å². The number of hydrogen-bond acceptors (Lipinski definition) is 2. The van der Waals surface area contributed by atoms with Crippen molar-refractivity contribution < 1.29 is 0 Å². The molecule has 1 fully saturated rings. The molecule has 2 N–H and O–H groups in total. The molecular weight excluding hydrogens is 208 g/mol. The Hall–Kier alpha value is -0.0800. The molecule has 1 aliphatic carbocycles. The van der Waals surface area contributed by atoms with E-state index in [9.17, 15) is 0 Å². The Morgan fingerprint density at radius 3 is 2.35 bits per heavy atom. The van der Waals surface area contributed by atoms with Gasteiger partial charge in [0.2, 0.25) is 0 Å². The second-order valence-corrected chi connectivity index (χ2v) is 5.93. The first-order valence-electron chi connectivity index (χ1n) is 7.59. The van der Waals surface area contributed by atoms with E-state index in [1.165, 1.54) is 57.9 Å². The Morgan fingerprint density at radius 1 is 1.24 bits per heavy atom. The summed E-state index contributed by atoms with van der Waals surface area (Å²) in [5.74, 6) is 0.865. The van der Waals surface area contributed by atoms with Crippen molar-refractivity contribution in [2.75, 3.05) is 20.1 Å². The van der Waals surface area contributed by atoms with Gasteiger partial charge in [0.05, 0.1) is 0 Å². The summed E-state index contributed by atoms with van der Waals surface area (Å²) in [5, 5.41) is 0. The molecule has 0 radical (unpaired) electrons. The summed E-state index contributed by atoms with van der Waals surface area (Å²) in [4.78, 5) is 2.59. The van der Waals surface area contributed by atoms with Crippen molar-refractivity contribution in [2.45, 2.75) is 70.8 Å². The van der Waals surface area contributed by atoms with Crippen molar-refractivity contribution in [3.05, 3.63) is 0 Å². The van der Waals surface area contributed by atoms with Crippen LogP contribution in [0.3, 0.4) is 0 Å². The Labute approximate surface area is 108 Å². The van der Waals surface area contributed by atoms with Gasteiger partial charge in [0.1, 0.15) is 0 Å². The summed E-state index contributed by atoms with van der Waals surface area (Å²) < 4.78 is 0. The zero-order valence-corrected chi connectivity index (χ0v) is 12.2. The predicted molar refractivity (Wildman–Crippen MR) is 76.2 cm³/mol. The third kappa shape index (κ3) is 3.96. The highest BCUT2D eigenvalue weighted by atomic mass is 15.2. The van der Waals surface area contributed by atoms with E-state index in [-0.39, 0.29) is 0 Å². The topological polar surface area (TPSA) is 29.3 Å². The summed E-state index contributed by atoms with van der Waals surface area (Å²) in [5.41, 5.74) is 6.38. The van der Waals surface area contributed by atoms with Crippen molar-refractivity contribution in [3.8, 4) is 0 Å². The molecule has 1 rings (SSSR count). The van der Waals surface area contributed by atoms with Gasteiger partial charge in [-0.05, 0) is 32.2 Å². The summed E-state index contributed by atoms with van der Waals surface area (Å²) >= 11 is 0. The quantitative estimate of drug-likeness (QED) is 0.704. The fraction of sp³-hybridized carbons (Fsp3) is 1.00. The van der Waals surface area contributed by atoms with E-state index in [0.29, 0.717) is 5.54 Å². The average Bonchev–Trinajstić information content (AvgIpc) is 2.84. The summed E-state index contributed by atoms with van der Waals surface area (Å²) in [6, 6.07) is 0. The van der Waals surface area contributed by atoms with Gasteiger partial charge in [0, 0.05) is 18.6 Å². The van der Waals surface area contributed by atoms with Gasteiger partial charge >= 0.3 is 0 Å². The first kappa shape index (κ1) is 15.0. The van der Waals surface area contributed by atoms with Gasteiger partial charge in [-0.3, -0.25) is 4.90 Å². The van der Waals surface area contributed by atoms with Gasteiger partial charge in [-0.15, -0.1) is 0 Å². The number of likely N-dealkylation sites (N-methyl/N-ethyl adjacent to an activating group) is 1. The van der Waals surface area contributed by atoms with Gasteiger partial charge in [-0.25, -0.2) is 0 Å². The molecule has 0 bridgehead atoms. The third-order valence-corrected chi connectivity index (χ3v) is 4.80. The van der Waals surface area contributed by atoms with Crippen LogP contribution in [-0.4, -0.2) is 30.6 Å². The summed E-state index contributed by atoms with van der Waals surface area (Å²) in [7, 11) is 2.30. The summed E-state index contributed by atoms with van der Waals surface area (Å²) in [6.07, 6.45) is 10.8. The van der Waals surface area contributed by atoms with Crippen molar-refractivity contribution >= 4 is 0 Å². The van der Waals surface area contributed by atoms with Crippen molar-refractivity contribution in [2.24, 2.45) is 11.7 Å². The molecule has 1 unspecified atom stereocenters. The van der Waals surface area contributed by atoms with E-state index in [4.69, 9.17) is 5.73 Å². The number of unbranched alkanes of at least 4 members (excludes halogenated alkanes) is 1. The number of nitrogens with two attached hydrogens (primary N) is 1.